The van der Waals surface area contributed by atoms with Gasteiger partial charge < -0.3 is 5.73 Å². The minimum absolute atomic E-state index is 0.536. The van der Waals surface area contributed by atoms with Crippen molar-refractivity contribution in [1.82, 2.24) is 0 Å². The number of rotatable bonds is 1. The van der Waals surface area contributed by atoms with Crippen LogP contribution in [0.1, 0.15) is 10.4 Å². The molecule has 17 heavy (non-hydrogen) atoms. The van der Waals surface area contributed by atoms with Gasteiger partial charge in [-0.15, -0.1) is 11.3 Å². The predicted molar refractivity (Wildman–Crippen MR) is 76.3 cm³/mol. The largest absolute Gasteiger partial charge is 0.397 e. The number of nitrogen functional groups attached to an aromatic ring is 1. The number of nitrogens with zero attached hydrogens (tertiary/aromatic N) is 1. The molecular weight excluding hydrogens is 320 g/mol. The maximum absolute atomic E-state index is 8.97. The highest BCUT2D eigenvalue weighted by Crippen LogP contribution is 2.42. The fourth-order valence-corrected chi connectivity index (χ4v) is 3.24. The van der Waals surface area contributed by atoms with Gasteiger partial charge in [0.25, 0.3) is 0 Å². The van der Waals surface area contributed by atoms with E-state index in [1.165, 1.54) is 11.3 Å². The third-order valence-corrected chi connectivity index (χ3v) is 5.03. The smallest absolute Gasteiger partial charge is 0.128 e. The lowest BCUT2D eigenvalue weighted by Gasteiger charge is -2.04. The molecule has 0 fully saturated rings. The molecule has 1 aromatic heterocycles. The van der Waals surface area contributed by atoms with Gasteiger partial charge in [-0.05, 0) is 34.5 Å². The number of hydrogen-bond acceptors (Lipinski definition) is 3. The molecule has 5 heteroatoms. The third kappa shape index (κ3) is 2.06. The van der Waals surface area contributed by atoms with Crippen LogP contribution in [0.2, 0.25) is 5.02 Å². The molecule has 0 atom stereocenters. The summed E-state index contributed by atoms with van der Waals surface area (Å²) in [6.45, 7) is 1.90. The van der Waals surface area contributed by atoms with Crippen LogP contribution in [0.25, 0.3) is 10.4 Å². The topological polar surface area (TPSA) is 49.8 Å². The van der Waals surface area contributed by atoms with E-state index < -0.39 is 0 Å². The first-order chi connectivity index (χ1) is 8.06. The maximum atomic E-state index is 8.97. The van der Waals surface area contributed by atoms with Gasteiger partial charge in [-0.2, -0.15) is 5.26 Å². The van der Waals surface area contributed by atoms with Crippen molar-refractivity contribution in [2.75, 3.05) is 5.73 Å². The van der Waals surface area contributed by atoms with Gasteiger partial charge in [0.2, 0.25) is 0 Å². The standard InChI is InChI=1S/C12H8BrClN2S/c1-6-11(16)9(5-15)17-12(6)7-3-2-4-8(13)10(7)14/h2-4H,16H2,1H3. The Kier molecular flexibility index (Phi) is 3.43. The van der Waals surface area contributed by atoms with E-state index in [0.29, 0.717) is 15.6 Å². The van der Waals surface area contributed by atoms with Crippen LogP contribution in [-0.4, -0.2) is 0 Å². The van der Waals surface area contributed by atoms with Gasteiger partial charge in [-0.3, -0.25) is 0 Å². The molecule has 0 amide bonds. The summed E-state index contributed by atoms with van der Waals surface area (Å²) in [5, 5.41) is 9.61. The van der Waals surface area contributed by atoms with Crippen molar-refractivity contribution in [2.24, 2.45) is 0 Å². The van der Waals surface area contributed by atoms with Crippen molar-refractivity contribution in [3.8, 4) is 16.5 Å². The van der Waals surface area contributed by atoms with Crippen LogP contribution >= 0.6 is 38.9 Å². The molecule has 2 aromatic rings. The number of anilines is 1. The van der Waals surface area contributed by atoms with E-state index in [1.807, 2.05) is 25.1 Å². The number of halogens is 2. The number of benzene rings is 1. The average molecular weight is 328 g/mol. The quantitative estimate of drug-likeness (QED) is 0.832. The van der Waals surface area contributed by atoms with Crippen molar-refractivity contribution in [3.05, 3.63) is 38.1 Å². The molecule has 0 saturated heterocycles. The molecule has 2 rings (SSSR count). The Bertz CT molecular complexity index is 628. The normalized spacial score (nSPS) is 10.2. The molecule has 1 aromatic carbocycles. The van der Waals surface area contributed by atoms with Gasteiger partial charge in [-0.1, -0.05) is 23.7 Å². The first-order valence-corrected chi connectivity index (χ1v) is 6.78. The van der Waals surface area contributed by atoms with Crippen molar-refractivity contribution in [1.29, 1.82) is 5.26 Å². The summed E-state index contributed by atoms with van der Waals surface area (Å²) in [6, 6.07) is 7.81. The summed E-state index contributed by atoms with van der Waals surface area (Å²) < 4.78 is 0.835. The van der Waals surface area contributed by atoms with Crippen LogP contribution in [0.15, 0.2) is 22.7 Å². The highest BCUT2D eigenvalue weighted by molar-refractivity contribution is 9.10. The van der Waals surface area contributed by atoms with Gasteiger partial charge in [0.05, 0.1) is 10.7 Å². The fourth-order valence-electron chi connectivity index (χ4n) is 1.55. The lowest BCUT2D eigenvalue weighted by atomic mass is 10.1. The zero-order valence-corrected chi connectivity index (χ0v) is 12.1. The zero-order chi connectivity index (χ0) is 12.6. The van der Waals surface area contributed by atoms with Crippen molar-refractivity contribution >= 4 is 44.6 Å². The molecule has 0 aliphatic rings. The molecule has 0 unspecified atom stereocenters. The lowest BCUT2D eigenvalue weighted by Crippen LogP contribution is -1.87. The summed E-state index contributed by atoms with van der Waals surface area (Å²) in [7, 11) is 0. The van der Waals surface area contributed by atoms with E-state index in [-0.39, 0.29) is 0 Å². The molecule has 1 heterocycles. The van der Waals surface area contributed by atoms with Crippen molar-refractivity contribution < 1.29 is 0 Å². The molecule has 0 aliphatic carbocycles. The Balaban J connectivity index is 2.70. The van der Waals surface area contributed by atoms with Crippen LogP contribution < -0.4 is 5.73 Å². The average Bonchev–Trinajstić information content (AvgIpc) is 2.60. The summed E-state index contributed by atoms with van der Waals surface area (Å²) in [5.41, 5.74) is 8.23. The van der Waals surface area contributed by atoms with Gasteiger partial charge in [0, 0.05) is 14.9 Å². The molecular formula is C12H8BrClN2S. The first kappa shape index (κ1) is 12.4. The van der Waals surface area contributed by atoms with Crippen LogP contribution in [0.5, 0.6) is 0 Å². The number of nitriles is 1. The Morgan fingerprint density at radius 3 is 2.76 bits per heavy atom. The summed E-state index contributed by atoms with van der Waals surface area (Å²) in [5.74, 6) is 0. The molecule has 0 spiro atoms. The van der Waals surface area contributed by atoms with E-state index in [0.717, 1.165) is 20.5 Å². The van der Waals surface area contributed by atoms with Gasteiger partial charge >= 0.3 is 0 Å². The summed E-state index contributed by atoms with van der Waals surface area (Å²) in [4.78, 5) is 1.49. The highest BCUT2D eigenvalue weighted by atomic mass is 79.9. The second-order valence-electron chi connectivity index (χ2n) is 3.51. The SMILES string of the molecule is Cc1c(-c2cccc(Br)c2Cl)sc(C#N)c1N. The minimum Gasteiger partial charge on any atom is -0.397 e. The second kappa shape index (κ2) is 4.69. The van der Waals surface area contributed by atoms with E-state index in [2.05, 4.69) is 22.0 Å². The van der Waals surface area contributed by atoms with Crippen LogP contribution in [-0.2, 0) is 0 Å². The van der Waals surface area contributed by atoms with E-state index in [4.69, 9.17) is 22.6 Å². The Morgan fingerprint density at radius 1 is 1.47 bits per heavy atom. The predicted octanol–water partition coefficient (Wildman–Crippen LogP) is 4.59. The Labute approximate surface area is 117 Å². The van der Waals surface area contributed by atoms with E-state index in [1.54, 1.807) is 0 Å². The zero-order valence-electron chi connectivity index (χ0n) is 8.92. The molecule has 2 nitrogen and oxygen atoms in total. The van der Waals surface area contributed by atoms with Crippen molar-refractivity contribution in [3.63, 3.8) is 0 Å². The third-order valence-electron chi connectivity index (χ3n) is 2.49. The van der Waals surface area contributed by atoms with Crippen LogP contribution in [0, 0.1) is 18.3 Å². The van der Waals surface area contributed by atoms with E-state index in [9.17, 15) is 0 Å². The molecule has 0 radical (unpaired) electrons. The highest BCUT2D eigenvalue weighted by Gasteiger charge is 2.16. The van der Waals surface area contributed by atoms with Gasteiger partial charge in [0.1, 0.15) is 10.9 Å². The Hall–Kier alpha value is -1.02. The van der Waals surface area contributed by atoms with Crippen molar-refractivity contribution in [2.45, 2.75) is 6.92 Å². The second-order valence-corrected chi connectivity index (χ2v) is 5.77. The van der Waals surface area contributed by atoms with Crippen LogP contribution in [0.4, 0.5) is 5.69 Å². The molecule has 0 saturated carbocycles. The van der Waals surface area contributed by atoms with Crippen LogP contribution in [0.3, 0.4) is 0 Å². The number of nitrogens with two attached hydrogens (primary N) is 1. The minimum atomic E-state index is 0.536. The number of thiophene rings is 1. The summed E-state index contributed by atoms with van der Waals surface area (Å²) in [6.07, 6.45) is 0. The van der Waals surface area contributed by atoms with Gasteiger partial charge in [-0.25, -0.2) is 0 Å². The Morgan fingerprint density at radius 2 is 2.18 bits per heavy atom. The van der Waals surface area contributed by atoms with E-state index >= 15 is 0 Å². The molecule has 86 valence electrons. The molecule has 0 bridgehead atoms. The number of hydrogen-bond donors (Lipinski definition) is 1. The first-order valence-electron chi connectivity index (χ1n) is 4.79. The van der Waals surface area contributed by atoms with Gasteiger partial charge in [0.15, 0.2) is 0 Å². The summed E-state index contributed by atoms with van der Waals surface area (Å²) >= 11 is 11.0. The lowest BCUT2D eigenvalue weighted by molar-refractivity contribution is 1.49. The monoisotopic (exact) mass is 326 g/mol. The maximum Gasteiger partial charge on any atom is 0.128 e. The fraction of sp³-hybridized carbons (Fsp3) is 0.0833. The molecule has 2 N–H and O–H groups in total. The molecule has 0 aliphatic heterocycles.